The van der Waals surface area contributed by atoms with Crippen LogP contribution in [0.1, 0.15) is 31.1 Å². The van der Waals surface area contributed by atoms with Crippen LogP contribution in [0.4, 0.5) is 4.39 Å². The molecule has 0 saturated carbocycles. The molecule has 2 aromatic rings. The fourth-order valence-corrected chi connectivity index (χ4v) is 3.00. The molecule has 1 aromatic heterocycles. The van der Waals surface area contributed by atoms with E-state index >= 15 is 0 Å². The minimum Gasteiger partial charge on any atom is -0.391 e. The van der Waals surface area contributed by atoms with Crippen molar-refractivity contribution in [1.82, 2.24) is 19.8 Å². The van der Waals surface area contributed by atoms with Crippen molar-refractivity contribution in [3.05, 3.63) is 29.8 Å². The summed E-state index contributed by atoms with van der Waals surface area (Å²) in [6.07, 6.45) is 1.05. The number of β-amino-alcohol motifs (C(OH)–C–C–N with tert-alkyl or cyclic N) is 1. The Morgan fingerprint density at radius 1 is 1.32 bits per heavy atom. The molecular formula is C18H25FN4O2. The van der Waals surface area contributed by atoms with E-state index in [1.54, 1.807) is 4.90 Å². The smallest absolute Gasteiger partial charge is 0.256 e. The molecule has 25 heavy (non-hydrogen) atoms. The first-order valence-electron chi connectivity index (χ1n) is 8.58. The Morgan fingerprint density at radius 3 is 2.64 bits per heavy atom. The number of H-pyrrole nitrogens is 1. The topological polar surface area (TPSA) is 72.5 Å². The Bertz CT molecular complexity index is 760. The van der Waals surface area contributed by atoms with Gasteiger partial charge in [0.25, 0.3) is 5.91 Å². The molecule has 2 heterocycles. The third-order valence-corrected chi connectivity index (χ3v) is 4.81. The number of rotatable bonds is 3. The Morgan fingerprint density at radius 2 is 2.00 bits per heavy atom. The number of hydrogen-bond donors (Lipinski definition) is 2. The number of aliphatic hydroxyl groups is 1. The minimum atomic E-state index is -0.452. The van der Waals surface area contributed by atoms with Gasteiger partial charge in [-0.1, -0.05) is 20.8 Å². The predicted molar refractivity (Wildman–Crippen MR) is 93.9 cm³/mol. The minimum absolute atomic E-state index is 0.167. The highest BCUT2D eigenvalue weighted by Crippen LogP contribution is 2.22. The largest absolute Gasteiger partial charge is 0.391 e. The monoisotopic (exact) mass is 348 g/mol. The molecule has 1 unspecified atom stereocenters. The number of fused-ring (bicyclic) bond motifs is 1. The summed E-state index contributed by atoms with van der Waals surface area (Å²) < 4.78 is 13.8. The van der Waals surface area contributed by atoms with Gasteiger partial charge in [-0.05, 0) is 17.5 Å². The lowest BCUT2D eigenvalue weighted by atomic mass is 9.89. The summed E-state index contributed by atoms with van der Waals surface area (Å²) in [6, 6.07) is 2.59. The highest BCUT2D eigenvalue weighted by Gasteiger charge is 2.28. The first kappa shape index (κ1) is 17.8. The summed E-state index contributed by atoms with van der Waals surface area (Å²) in [4.78, 5) is 23.7. The van der Waals surface area contributed by atoms with Crippen molar-refractivity contribution in [3.63, 3.8) is 0 Å². The maximum absolute atomic E-state index is 13.8. The zero-order chi connectivity index (χ0) is 18.2. The number of amides is 1. The van der Waals surface area contributed by atoms with Crippen molar-refractivity contribution < 1.29 is 14.3 Å². The zero-order valence-electron chi connectivity index (χ0n) is 14.9. The lowest BCUT2D eigenvalue weighted by Gasteiger charge is -2.38. The van der Waals surface area contributed by atoms with Gasteiger partial charge in [0, 0.05) is 32.7 Å². The molecule has 0 aliphatic carbocycles. The van der Waals surface area contributed by atoms with E-state index in [1.807, 2.05) is 20.8 Å². The average Bonchev–Trinajstić information content (AvgIpc) is 3.01. The van der Waals surface area contributed by atoms with Crippen LogP contribution in [0.2, 0.25) is 0 Å². The number of benzene rings is 1. The van der Waals surface area contributed by atoms with Crippen LogP contribution in [0.25, 0.3) is 11.0 Å². The Kier molecular flexibility index (Phi) is 4.79. The number of carbonyl (C=O) groups is 1. The average molecular weight is 348 g/mol. The number of halogens is 1. The van der Waals surface area contributed by atoms with Gasteiger partial charge in [0.1, 0.15) is 11.3 Å². The summed E-state index contributed by atoms with van der Waals surface area (Å²) in [7, 11) is 0. The van der Waals surface area contributed by atoms with E-state index in [9.17, 15) is 14.3 Å². The van der Waals surface area contributed by atoms with Crippen molar-refractivity contribution in [2.75, 3.05) is 32.7 Å². The van der Waals surface area contributed by atoms with E-state index < -0.39 is 11.9 Å². The molecule has 1 amide bonds. The van der Waals surface area contributed by atoms with Crippen LogP contribution in [-0.2, 0) is 0 Å². The quantitative estimate of drug-likeness (QED) is 0.888. The van der Waals surface area contributed by atoms with Gasteiger partial charge in [-0.15, -0.1) is 0 Å². The van der Waals surface area contributed by atoms with Gasteiger partial charge in [0.2, 0.25) is 0 Å². The van der Waals surface area contributed by atoms with Gasteiger partial charge in [-0.3, -0.25) is 9.69 Å². The number of aromatic nitrogens is 2. The van der Waals surface area contributed by atoms with E-state index in [0.717, 1.165) is 0 Å². The molecule has 0 bridgehead atoms. The van der Waals surface area contributed by atoms with Crippen molar-refractivity contribution in [2.45, 2.75) is 26.9 Å². The third-order valence-electron chi connectivity index (χ3n) is 4.81. The molecule has 1 aromatic carbocycles. The summed E-state index contributed by atoms with van der Waals surface area (Å²) in [5.41, 5.74) is 1.15. The molecular weight excluding hydrogens is 323 g/mol. The number of carbonyl (C=O) groups excluding carboxylic acids is 1. The standard InChI is InChI=1S/C18H25FN4O2/c1-18(2,3)15(24)10-22-4-6-23(7-5-22)17(25)13-8-12(19)9-14-16(13)21-11-20-14/h8-9,11,15,24H,4-7,10H2,1-3H3,(H,20,21). The number of imidazole rings is 1. The lowest BCUT2D eigenvalue weighted by molar-refractivity contribution is 0.0137. The molecule has 2 N–H and O–H groups in total. The maximum atomic E-state index is 13.8. The molecule has 7 heteroatoms. The molecule has 1 atom stereocenters. The first-order chi connectivity index (χ1) is 11.8. The van der Waals surface area contributed by atoms with Crippen molar-refractivity contribution in [2.24, 2.45) is 5.41 Å². The van der Waals surface area contributed by atoms with E-state index in [1.165, 1.54) is 18.5 Å². The first-order valence-corrected chi connectivity index (χ1v) is 8.58. The van der Waals surface area contributed by atoms with Crippen LogP contribution in [0.5, 0.6) is 0 Å². The molecule has 1 fully saturated rings. The number of piperazine rings is 1. The van der Waals surface area contributed by atoms with E-state index in [-0.39, 0.29) is 11.3 Å². The molecule has 1 aliphatic heterocycles. The Labute approximate surface area is 146 Å². The highest BCUT2D eigenvalue weighted by molar-refractivity contribution is 6.04. The molecule has 6 nitrogen and oxygen atoms in total. The second-order valence-electron chi connectivity index (χ2n) is 7.73. The molecule has 0 spiro atoms. The van der Waals surface area contributed by atoms with E-state index in [2.05, 4.69) is 14.9 Å². The Hall–Kier alpha value is -1.99. The second kappa shape index (κ2) is 6.72. The maximum Gasteiger partial charge on any atom is 0.256 e. The normalized spacial score (nSPS) is 17.9. The predicted octanol–water partition coefficient (Wildman–Crippen LogP) is 1.87. The van der Waals surface area contributed by atoms with Gasteiger partial charge in [0.05, 0.1) is 23.5 Å². The number of hydrogen-bond acceptors (Lipinski definition) is 4. The molecule has 1 saturated heterocycles. The third kappa shape index (κ3) is 3.82. The lowest BCUT2D eigenvalue weighted by Crippen LogP contribution is -2.51. The molecule has 1 aliphatic rings. The van der Waals surface area contributed by atoms with Crippen molar-refractivity contribution in [3.8, 4) is 0 Å². The highest BCUT2D eigenvalue weighted by atomic mass is 19.1. The summed E-state index contributed by atoms with van der Waals surface area (Å²) >= 11 is 0. The van der Waals surface area contributed by atoms with Crippen LogP contribution in [0.3, 0.4) is 0 Å². The summed E-state index contributed by atoms with van der Waals surface area (Å²) in [6.45, 7) is 9.12. The van der Waals surface area contributed by atoms with Crippen LogP contribution < -0.4 is 0 Å². The Balaban J connectivity index is 1.66. The summed E-state index contributed by atoms with van der Waals surface area (Å²) in [5.74, 6) is -0.653. The number of aromatic amines is 1. The van der Waals surface area contributed by atoms with E-state index in [0.29, 0.717) is 49.3 Å². The SMILES string of the molecule is CC(C)(C)C(O)CN1CCN(C(=O)c2cc(F)cc3[nH]cnc23)CC1. The van der Waals surface area contributed by atoms with Gasteiger partial charge in [-0.25, -0.2) is 9.37 Å². The van der Waals surface area contributed by atoms with Crippen molar-refractivity contribution >= 4 is 16.9 Å². The van der Waals surface area contributed by atoms with Crippen LogP contribution >= 0.6 is 0 Å². The van der Waals surface area contributed by atoms with Gasteiger partial charge in [-0.2, -0.15) is 0 Å². The molecule has 3 rings (SSSR count). The fraction of sp³-hybridized carbons (Fsp3) is 0.556. The van der Waals surface area contributed by atoms with Crippen molar-refractivity contribution in [1.29, 1.82) is 0 Å². The molecule has 0 radical (unpaired) electrons. The van der Waals surface area contributed by atoms with Gasteiger partial charge in [0.15, 0.2) is 0 Å². The summed E-state index contributed by atoms with van der Waals surface area (Å²) in [5, 5.41) is 10.2. The van der Waals surface area contributed by atoms with Crippen LogP contribution in [0, 0.1) is 11.2 Å². The van der Waals surface area contributed by atoms with Crippen LogP contribution in [-0.4, -0.2) is 69.6 Å². The number of aliphatic hydroxyl groups excluding tert-OH is 1. The number of nitrogens with zero attached hydrogens (tertiary/aromatic N) is 3. The van der Waals surface area contributed by atoms with Crippen LogP contribution in [0.15, 0.2) is 18.5 Å². The number of nitrogens with one attached hydrogen (secondary N) is 1. The molecule has 136 valence electrons. The zero-order valence-corrected chi connectivity index (χ0v) is 14.9. The van der Waals surface area contributed by atoms with E-state index in [4.69, 9.17) is 0 Å². The van der Waals surface area contributed by atoms with Gasteiger partial charge < -0.3 is 15.0 Å². The fourth-order valence-electron chi connectivity index (χ4n) is 3.00. The second-order valence-corrected chi connectivity index (χ2v) is 7.73. The van der Waals surface area contributed by atoms with Gasteiger partial charge >= 0.3 is 0 Å².